The Kier molecular flexibility index (Phi) is 5.93. The standard InChI is InChI=1S/C27H32F4O7/c1-6-18(34)36-22(30)21(35)27-17(37-23(2,3)38-27)10-12-13-9-14(28)19-20(29)15(32)7-8-24(19,4)26(13,31)16(33)11-25(12,27)5/h7-8,12-14,16-17,22,33H,6,9-11H2,1-5H3/t12-,13-,14-,16-,17+,22?,24-,25-,26-,27-/m0/s1. The first-order valence-corrected chi connectivity index (χ1v) is 12.9. The number of carbonyl (C=O) groups excluding carboxylic acids is 3. The zero-order valence-corrected chi connectivity index (χ0v) is 21.9. The van der Waals surface area contributed by atoms with E-state index in [2.05, 4.69) is 4.74 Å². The Labute approximate surface area is 217 Å². The first kappa shape index (κ1) is 27.5. The van der Waals surface area contributed by atoms with Gasteiger partial charge in [0.25, 0.3) is 0 Å². The largest absolute Gasteiger partial charge is 0.423 e. The van der Waals surface area contributed by atoms with E-state index >= 15 is 13.2 Å². The van der Waals surface area contributed by atoms with Crippen LogP contribution in [0.2, 0.25) is 0 Å². The molecule has 1 saturated heterocycles. The molecule has 7 nitrogen and oxygen atoms in total. The molecular formula is C27H32F4O7. The number of hydrogen-bond acceptors (Lipinski definition) is 7. The summed E-state index contributed by atoms with van der Waals surface area (Å²) >= 11 is 0. The fourth-order valence-corrected chi connectivity index (χ4v) is 8.25. The molecule has 0 radical (unpaired) electrons. The Balaban J connectivity index is 1.63. The Hall–Kier alpha value is -2.11. The van der Waals surface area contributed by atoms with Crippen molar-refractivity contribution in [3.63, 3.8) is 0 Å². The van der Waals surface area contributed by atoms with Gasteiger partial charge in [0.05, 0.1) is 12.2 Å². The van der Waals surface area contributed by atoms with Crippen molar-refractivity contribution < 1.29 is 51.3 Å². The lowest BCUT2D eigenvalue weighted by atomic mass is 9.44. The van der Waals surface area contributed by atoms with E-state index in [4.69, 9.17) is 9.47 Å². The molecule has 0 aromatic heterocycles. The maximum atomic E-state index is 17.4. The molecular weight excluding hydrogens is 512 g/mol. The number of fused-ring (bicyclic) bond motifs is 7. The monoisotopic (exact) mass is 544 g/mol. The predicted molar refractivity (Wildman–Crippen MR) is 123 cm³/mol. The maximum Gasteiger partial charge on any atom is 0.308 e. The summed E-state index contributed by atoms with van der Waals surface area (Å²) in [6, 6.07) is 0. The average molecular weight is 545 g/mol. The van der Waals surface area contributed by atoms with Crippen molar-refractivity contribution in [2.75, 3.05) is 0 Å². The van der Waals surface area contributed by atoms with Crippen LogP contribution in [0.3, 0.4) is 0 Å². The van der Waals surface area contributed by atoms with Gasteiger partial charge < -0.3 is 19.3 Å². The lowest BCUT2D eigenvalue weighted by molar-refractivity contribution is -0.252. The fourth-order valence-electron chi connectivity index (χ4n) is 8.25. The van der Waals surface area contributed by atoms with Gasteiger partial charge in [0.1, 0.15) is 6.17 Å². The van der Waals surface area contributed by atoms with Crippen molar-refractivity contribution >= 4 is 17.5 Å². The molecule has 0 aromatic rings. The summed E-state index contributed by atoms with van der Waals surface area (Å²) in [5.41, 5.74) is -8.80. The minimum Gasteiger partial charge on any atom is -0.423 e. The number of ether oxygens (including phenoxy) is 3. The van der Waals surface area contributed by atoms with Crippen molar-refractivity contribution in [1.29, 1.82) is 0 Å². The maximum absolute atomic E-state index is 17.4. The number of ketones is 2. The fraction of sp³-hybridized carbons (Fsp3) is 0.741. The molecule has 4 fully saturated rings. The number of hydrogen-bond donors (Lipinski definition) is 1. The molecule has 1 N–H and O–H groups in total. The van der Waals surface area contributed by atoms with Crippen molar-refractivity contribution in [3.05, 3.63) is 23.6 Å². The molecule has 1 aliphatic heterocycles. The smallest absolute Gasteiger partial charge is 0.308 e. The second kappa shape index (κ2) is 8.20. The van der Waals surface area contributed by atoms with E-state index in [0.29, 0.717) is 0 Å². The van der Waals surface area contributed by atoms with Crippen molar-refractivity contribution in [1.82, 2.24) is 0 Å². The lowest BCUT2D eigenvalue weighted by Gasteiger charge is -2.63. The van der Waals surface area contributed by atoms with Crippen LogP contribution in [0.5, 0.6) is 0 Å². The van der Waals surface area contributed by atoms with Crippen molar-refractivity contribution in [2.24, 2.45) is 22.7 Å². The van der Waals surface area contributed by atoms with E-state index in [9.17, 15) is 23.9 Å². The van der Waals surface area contributed by atoms with Crippen LogP contribution in [0.4, 0.5) is 17.6 Å². The first-order valence-electron chi connectivity index (χ1n) is 12.9. The number of esters is 1. The van der Waals surface area contributed by atoms with Gasteiger partial charge in [-0.1, -0.05) is 19.9 Å². The summed E-state index contributed by atoms with van der Waals surface area (Å²) in [5, 5.41) is 11.4. The lowest BCUT2D eigenvalue weighted by Crippen LogP contribution is -2.71. The van der Waals surface area contributed by atoms with Gasteiger partial charge in [-0.2, -0.15) is 4.39 Å². The highest BCUT2D eigenvalue weighted by molar-refractivity contribution is 6.04. The molecule has 38 heavy (non-hydrogen) atoms. The van der Waals surface area contributed by atoms with Gasteiger partial charge in [-0.3, -0.25) is 14.4 Å². The SMILES string of the molecule is CCC(=O)OC(F)C(=O)[C@@]12OC(C)(C)O[C@@H]1C[C@H]1[C@@H]3C[C@H](F)C4=C(F)C(=O)C=C[C@]4(C)[C@@]3(F)[C@@H](O)C[C@@]12C. The highest BCUT2D eigenvalue weighted by atomic mass is 19.2. The molecule has 1 heterocycles. The van der Waals surface area contributed by atoms with Gasteiger partial charge in [0, 0.05) is 28.7 Å². The molecule has 0 aromatic carbocycles. The minimum atomic E-state index is -2.71. The third-order valence-electron chi connectivity index (χ3n) is 9.79. The number of alkyl halides is 3. The van der Waals surface area contributed by atoms with E-state index in [0.717, 1.165) is 12.2 Å². The Morgan fingerprint density at radius 2 is 1.87 bits per heavy atom. The topological polar surface area (TPSA) is 99.1 Å². The quantitative estimate of drug-likeness (QED) is 0.423. The van der Waals surface area contributed by atoms with Crippen LogP contribution in [-0.4, -0.2) is 64.4 Å². The number of halogens is 4. The summed E-state index contributed by atoms with van der Waals surface area (Å²) in [5.74, 6) is -8.15. The second-order valence-electron chi connectivity index (χ2n) is 12.1. The average Bonchev–Trinajstić information content (AvgIpc) is 3.23. The molecule has 3 saturated carbocycles. The minimum absolute atomic E-state index is 0.0455. The molecule has 210 valence electrons. The predicted octanol–water partition coefficient (Wildman–Crippen LogP) is 3.92. The molecule has 0 amide bonds. The number of allylic oxidation sites excluding steroid dienone is 4. The number of aliphatic hydroxyl groups excluding tert-OH is 1. The molecule has 11 heteroatoms. The molecule has 0 spiro atoms. The molecule has 0 bridgehead atoms. The summed E-state index contributed by atoms with van der Waals surface area (Å²) in [6.45, 7) is 7.26. The van der Waals surface area contributed by atoms with Gasteiger partial charge in [0.15, 0.2) is 22.9 Å². The Bertz CT molecular complexity index is 1170. The van der Waals surface area contributed by atoms with E-state index in [-0.39, 0.29) is 12.8 Å². The molecule has 10 atom stereocenters. The van der Waals surface area contributed by atoms with Gasteiger partial charge >= 0.3 is 12.3 Å². The zero-order chi connectivity index (χ0) is 28.2. The van der Waals surface area contributed by atoms with Gasteiger partial charge in [0.2, 0.25) is 11.6 Å². The van der Waals surface area contributed by atoms with Crippen molar-refractivity contribution in [2.45, 2.75) is 102 Å². The van der Waals surface area contributed by atoms with Crippen molar-refractivity contribution in [3.8, 4) is 0 Å². The summed E-state index contributed by atoms with van der Waals surface area (Å²) in [4.78, 5) is 37.5. The summed E-state index contributed by atoms with van der Waals surface area (Å²) < 4.78 is 79.9. The van der Waals surface area contributed by atoms with Crippen LogP contribution in [0.1, 0.15) is 60.3 Å². The Morgan fingerprint density at radius 1 is 1.21 bits per heavy atom. The Morgan fingerprint density at radius 3 is 2.50 bits per heavy atom. The molecule has 1 unspecified atom stereocenters. The third-order valence-corrected chi connectivity index (χ3v) is 9.79. The second-order valence-corrected chi connectivity index (χ2v) is 12.1. The highest BCUT2D eigenvalue weighted by Gasteiger charge is 2.81. The van der Waals surface area contributed by atoms with E-state index in [1.165, 1.54) is 27.7 Å². The van der Waals surface area contributed by atoms with Crippen LogP contribution in [-0.2, 0) is 28.6 Å². The summed E-state index contributed by atoms with van der Waals surface area (Å²) in [7, 11) is 0. The van der Waals surface area contributed by atoms with E-state index in [1.807, 2.05) is 0 Å². The molecule has 4 aliphatic carbocycles. The summed E-state index contributed by atoms with van der Waals surface area (Å²) in [6.07, 6.45) is -7.03. The van der Waals surface area contributed by atoms with Crippen LogP contribution in [0.25, 0.3) is 0 Å². The van der Waals surface area contributed by atoms with Gasteiger partial charge in [-0.15, -0.1) is 0 Å². The van der Waals surface area contributed by atoms with Crippen LogP contribution < -0.4 is 0 Å². The van der Waals surface area contributed by atoms with Crippen LogP contribution >= 0.6 is 0 Å². The van der Waals surface area contributed by atoms with E-state index in [1.54, 1.807) is 6.92 Å². The third kappa shape index (κ3) is 3.15. The zero-order valence-electron chi connectivity index (χ0n) is 21.9. The number of aliphatic hydroxyl groups is 1. The number of carbonyl (C=O) groups is 3. The first-order chi connectivity index (χ1) is 17.5. The van der Waals surface area contributed by atoms with Crippen LogP contribution in [0, 0.1) is 22.7 Å². The van der Waals surface area contributed by atoms with Gasteiger partial charge in [-0.25, -0.2) is 13.2 Å². The number of Topliss-reactive ketones (excluding diaryl/α,β-unsaturated/α-hetero) is 1. The molecule has 5 aliphatic rings. The molecule has 5 rings (SSSR count). The van der Waals surface area contributed by atoms with E-state index < -0.39 is 106 Å². The van der Waals surface area contributed by atoms with Gasteiger partial charge in [-0.05, 0) is 52.0 Å². The highest BCUT2D eigenvalue weighted by Crippen LogP contribution is 2.73. The number of rotatable bonds is 4. The van der Waals surface area contributed by atoms with Crippen LogP contribution in [0.15, 0.2) is 23.6 Å². The normalized spacial score (nSPS) is 47.6.